The van der Waals surface area contributed by atoms with Gasteiger partial charge in [-0.3, -0.25) is 5.41 Å². The molecule has 2 fully saturated rings. The van der Waals surface area contributed by atoms with E-state index in [0.29, 0.717) is 11.1 Å². The molecule has 2 aromatic rings. The van der Waals surface area contributed by atoms with Gasteiger partial charge in [-0.2, -0.15) is 15.8 Å². The lowest BCUT2D eigenvalue weighted by Crippen LogP contribution is -2.57. The van der Waals surface area contributed by atoms with Crippen LogP contribution in [-0.4, -0.2) is 11.7 Å². The van der Waals surface area contributed by atoms with Crippen molar-refractivity contribution in [2.75, 3.05) is 0 Å². The summed E-state index contributed by atoms with van der Waals surface area (Å²) < 4.78 is 12.0. The van der Waals surface area contributed by atoms with Crippen LogP contribution in [0.4, 0.5) is 0 Å². The molecule has 0 radical (unpaired) electrons. The Morgan fingerprint density at radius 3 is 1.89 bits per heavy atom. The smallest absolute Gasteiger partial charge is 0.218 e. The van der Waals surface area contributed by atoms with Gasteiger partial charge in [-0.1, -0.05) is 60.7 Å². The second kappa shape index (κ2) is 5.92. The molecular formula is C22H16N4O2. The van der Waals surface area contributed by atoms with E-state index in [9.17, 15) is 15.8 Å². The van der Waals surface area contributed by atoms with Gasteiger partial charge in [0, 0.05) is 6.92 Å². The largest absolute Gasteiger partial charge is 0.447 e. The van der Waals surface area contributed by atoms with Crippen LogP contribution in [0.15, 0.2) is 60.7 Å². The third-order valence-electron chi connectivity index (χ3n) is 5.75. The molecule has 0 aliphatic carbocycles. The van der Waals surface area contributed by atoms with Gasteiger partial charge in [-0.15, -0.1) is 0 Å². The van der Waals surface area contributed by atoms with Gasteiger partial charge in [-0.05, 0) is 11.1 Å². The minimum Gasteiger partial charge on any atom is -0.447 e. The first kappa shape index (κ1) is 17.7. The topological polar surface area (TPSA) is 114 Å². The van der Waals surface area contributed by atoms with Crippen LogP contribution in [0, 0.1) is 50.2 Å². The lowest BCUT2D eigenvalue weighted by atomic mass is 9.52. The molecule has 0 saturated carbocycles. The van der Waals surface area contributed by atoms with Gasteiger partial charge in [0.25, 0.3) is 0 Å². The molecule has 0 unspecified atom stereocenters. The number of nitriles is 3. The summed E-state index contributed by atoms with van der Waals surface area (Å²) in [6, 6.07) is 24.1. The summed E-state index contributed by atoms with van der Waals surface area (Å²) in [5.74, 6) is -2.59. The molecule has 4 atom stereocenters. The Bertz CT molecular complexity index is 1050. The zero-order chi connectivity index (χ0) is 20.0. The molecule has 0 aromatic heterocycles. The van der Waals surface area contributed by atoms with Gasteiger partial charge < -0.3 is 9.47 Å². The molecular weight excluding hydrogens is 352 g/mol. The highest BCUT2D eigenvalue weighted by Gasteiger charge is 2.79. The Balaban J connectivity index is 2.05. The summed E-state index contributed by atoms with van der Waals surface area (Å²) in [5, 5.41) is 39.2. The van der Waals surface area contributed by atoms with E-state index in [4.69, 9.17) is 14.9 Å². The number of hydrogen-bond acceptors (Lipinski definition) is 6. The molecule has 2 aliphatic rings. The van der Waals surface area contributed by atoms with E-state index in [1.807, 2.05) is 12.1 Å². The summed E-state index contributed by atoms with van der Waals surface area (Å²) >= 11 is 0. The van der Waals surface area contributed by atoms with Crippen LogP contribution in [0.1, 0.15) is 30.1 Å². The molecule has 1 N–H and O–H groups in total. The number of benzene rings is 2. The third kappa shape index (κ3) is 1.94. The van der Waals surface area contributed by atoms with Gasteiger partial charge in [0.1, 0.15) is 6.10 Å². The van der Waals surface area contributed by atoms with E-state index < -0.39 is 34.5 Å². The van der Waals surface area contributed by atoms with E-state index in [0.717, 1.165) is 0 Å². The zero-order valence-corrected chi connectivity index (χ0v) is 15.1. The molecule has 0 spiro atoms. The van der Waals surface area contributed by atoms with Crippen molar-refractivity contribution in [2.45, 2.75) is 24.7 Å². The first-order valence-corrected chi connectivity index (χ1v) is 8.78. The molecule has 6 nitrogen and oxygen atoms in total. The molecule has 136 valence electrons. The first-order valence-electron chi connectivity index (χ1n) is 8.78. The van der Waals surface area contributed by atoms with Crippen LogP contribution < -0.4 is 0 Å². The fraction of sp³-hybridized carbons (Fsp3) is 0.273. The van der Waals surface area contributed by atoms with Crippen LogP contribution >= 0.6 is 0 Å². The second-order valence-electron chi connectivity index (χ2n) is 7.15. The molecule has 0 amide bonds. The van der Waals surface area contributed by atoms with E-state index in [1.165, 1.54) is 0 Å². The highest BCUT2D eigenvalue weighted by molar-refractivity contribution is 5.90. The average Bonchev–Trinajstić information content (AvgIpc) is 2.92. The van der Waals surface area contributed by atoms with Crippen LogP contribution in [0.2, 0.25) is 0 Å². The fourth-order valence-corrected chi connectivity index (χ4v) is 4.56. The number of nitrogens with zero attached hydrogens (tertiary/aromatic N) is 3. The van der Waals surface area contributed by atoms with Crippen molar-refractivity contribution in [3.05, 3.63) is 71.8 Å². The van der Waals surface area contributed by atoms with E-state index >= 15 is 0 Å². The van der Waals surface area contributed by atoms with Gasteiger partial charge in [0.15, 0.2) is 5.41 Å². The van der Waals surface area contributed by atoms with Gasteiger partial charge in [0.05, 0.1) is 24.1 Å². The maximum Gasteiger partial charge on any atom is 0.218 e. The number of hydrogen-bond donors (Lipinski definition) is 1. The standard InChI is InChI=1S/C22H16N4O2/c1-20-17(15-8-4-2-5-9-15)22(14-25,19(26)28-20)21(12-23,13-24)18(27-20)16-10-6-3-7-11-16/h2-11,17-18,26H,1H3/t17-,18+,20-,22-/m1/s1. The number of rotatable bonds is 2. The summed E-state index contributed by atoms with van der Waals surface area (Å²) in [6.45, 7) is 1.66. The molecule has 2 bridgehead atoms. The summed E-state index contributed by atoms with van der Waals surface area (Å²) in [6.07, 6.45) is -1.05. The summed E-state index contributed by atoms with van der Waals surface area (Å²) in [5.41, 5.74) is -2.52. The molecule has 6 heteroatoms. The Hall–Kier alpha value is -3.66. The quantitative estimate of drug-likeness (QED) is 0.866. The monoisotopic (exact) mass is 368 g/mol. The predicted molar refractivity (Wildman–Crippen MR) is 98.4 cm³/mol. The third-order valence-corrected chi connectivity index (χ3v) is 5.75. The molecule has 2 heterocycles. The fourth-order valence-electron chi connectivity index (χ4n) is 4.56. The van der Waals surface area contributed by atoms with Crippen molar-refractivity contribution in [3.8, 4) is 18.2 Å². The first-order chi connectivity index (χ1) is 13.5. The van der Waals surface area contributed by atoms with Crippen LogP contribution in [0.5, 0.6) is 0 Å². The van der Waals surface area contributed by atoms with Gasteiger partial charge >= 0.3 is 0 Å². The molecule has 2 saturated heterocycles. The van der Waals surface area contributed by atoms with E-state index in [-0.39, 0.29) is 0 Å². The van der Waals surface area contributed by atoms with Crippen molar-refractivity contribution >= 4 is 5.90 Å². The van der Waals surface area contributed by atoms with Gasteiger partial charge in [-0.25, -0.2) is 0 Å². The summed E-state index contributed by atoms with van der Waals surface area (Å²) in [4.78, 5) is 0. The second-order valence-corrected chi connectivity index (χ2v) is 7.15. The Morgan fingerprint density at radius 1 is 0.857 bits per heavy atom. The van der Waals surface area contributed by atoms with Crippen molar-refractivity contribution in [1.82, 2.24) is 0 Å². The minimum absolute atomic E-state index is 0.409. The Morgan fingerprint density at radius 2 is 1.39 bits per heavy atom. The highest BCUT2D eigenvalue weighted by Crippen LogP contribution is 2.69. The van der Waals surface area contributed by atoms with Crippen molar-refractivity contribution < 1.29 is 9.47 Å². The van der Waals surface area contributed by atoms with Crippen LogP contribution in [0.25, 0.3) is 0 Å². The molecule has 2 aromatic carbocycles. The zero-order valence-electron chi connectivity index (χ0n) is 15.1. The number of ether oxygens (including phenoxy) is 2. The van der Waals surface area contributed by atoms with E-state index in [2.05, 4.69) is 18.2 Å². The van der Waals surface area contributed by atoms with Crippen LogP contribution in [0.3, 0.4) is 0 Å². The Labute approximate surface area is 162 Å². The highest BCUT2D eigenvalue weighted by atomic mass is 16.7. The van der Waals surface area contributed by atoms with Crippen molar-refractivity contribution in [2.24, 2.45) is 10.8 Å². The van der Waals surface area contributed by atoms with E-state index in [1.54, 1.807) is 55.5 Å². The van der Waals surface area contributed by atoms with Crippen molar-refractivity contribution in [3.63, 3.8) is 0 Å². The lowest BCUT2D eigenvalue weighted by Gasteiger charge is -2.48. The maximum atomic E-state index is 10.3. The Kier molecular flexibility index (Phi) is 3.75. The lowest BCUT2D eigenvalue weighted by molar-refractivity contribution is -0.253. The molecule has 4 rings (SSSR count). The SMILES string of the molecule is C[C@@]12OC(=N)[C@@](C#N)([C@@H]1c1ccccc1)C(C#N)(C#N)[C@H](c1ccccc1)O2. The summed E-state index contributed by atoms with van der Waals surface area (Å²) in [7, 11) is 0. The molecule has 28 heavy (non-hydrogen) atoms. The average molecular weight is 368 g/mol. The normalized spacial score (nSPS) is 32.4. The predicted octanol–water partition coefficient (Wildman–Crippen LogP) is 3.81. The maximum absolute atomic E-state index is 10.3. The van der Waals surface area contributed by atoms with Gasteiger partial charge in [0.2, 0.25) is 17.1 Å². The number of nitrogens with one attached hydrogen (secondary N) is 1. The van der Waals surface area contributed by atoms with Crippen LogP contribution in [-0.2, 0) is 9.47 Å². The molecule has 2 aliphatic heterocycles. The minimum atomic E-state index is -1.96. The van der Waals surface area contributed by atoms with Crippen molar-refractivity contribution in [1.29, 1.82) is 21.2 Å². The number of fused-ring (bicyclic) bond motifs is 2.